The number of halogens is 1. The first-order valence-corrected chi connectivity index (χ1v) is 15.6. The van der Waals surface area contributed by atoms with Crippen LogP contribution in [0, 0.1) is 5.82 Å². The lowest BCUT2D eigenvalue weighted by Gasteiger charge is -2.24. The molecule has 0 radical (unpaired) electrons. The van der Waals surface area contributed by atoms with E-state index in [0.29, 0.717) is 29.2 Å². The molecule has 0 saturated heterocycles. The maximum atomic E-state index is 16.3. The van der Waals surface area contributed by atoms with Crippen LogP contribution in [0.15, 0.2) is 60.7 Å². The van der Waals surface area contributed by atoms with Gasteiger partial charge in [0.25, 0.3) is 0 Å². The van der Waals surface area contributed by atoms with Gasteiger partial charge in [0.05, 0.1) is 12.5 Å². The highest BCUT2D eigenvalue weighted by molar-refractivity contribution is 5.74. The molecule has 3 aromatic carbocycles. The lowest BCUT2D eigenvalue weighted by atomic mass is 9.93. The van der Waals surface area contributed by atoms with Gasteiger partial charge < -0.3 is 19.5 Å². The molecule has 0 heterocycles. The Balaban J connectivity index is 1.60. The number of hydrogen-bond acceptors (Lipinski definition) is 5. The maximum Gasteiger partial charge on any atom is 0.408 e. The lowest BCUT2D eigenvalue weighted by molar-refractivity contribution is -0.153. The summed E-state index contributed by atoms with van der Waals surface area (Å²) in [6.07, 6.45) is 3.08. The van der Waals surface area contributed by atoms with E-state index in [4.69, 9.17) is 14.2 Å². The predicted octanol–water partition coefficient (Wildman–Crippen LogP) is 9.20. The number of ether oxygens (including phenoxy) is 3. The van der Waals surface area contributed by atoms with Crippen molar-refractivity contribution in [3.63, 3.8) is 0 Å². The molecule has 0 spiro atoms. The number of alkyl carbamates (subject to hydrolysis) is 1. The number of carbonyl (C=O) groups excluding carboxylic acids is 2. The average molecular weight is 604 g/mol. The predicted molar refractivity (Wildman–Crippen MR) is 171 cm³/mol. The van der Waals surface area contributed by atoms with E-state index in [-0.39, 0.29) is 24.8 Å². The molecule has 1 saturated carbocycles. The quantitative estimate of drug-likeness (QED) is 0.221. The van der Waals surface area contributed by atoms with Crippen molar-refractivity contribution in [3.05, 3.63) is 88.7 Å². The molecular weight excluding hydrogens is 557 g/mol. The fraction of sp³-hybridized carbons (Fsp3) is 0.459. The summed E-state index contributed by atoms with van der Waals surface area (Å²) in [5.41, 5.74) is 3.27. The number of benzene rings is 3. The van der Waals surface area contributed by atoms with Gasteiger partial charge in [0.15, 0.2) is 0 Å². The van der Waals surface area contributed by atoms with Gasteiger partial charge in [-0.2, -0.15) is 0 Å². The Hall–Kier alpha value is -3.87. The number of carbonyl (C=O) groups is 2. The zero-order valence-electron chi connectivity index (χ0n) is 27.1. The van der Waals surface area contributed by atoms with Crippen molar-refractivity contribution in [2.24, 2.45) is 0 Å². The van der Waals surface area contributed by atoms with Crippen molar-refractivity contribution in [3.8, 4) is 16.9 Å². The third-order valence-corrected chi connectivity index (χ3v) is 7.17. The van der Waals surface area contributed by atoms with E-state index in [2.05, 4.69) is 17.4 Å². The number of nitrogens with one attached hydrogen (secondary N) is 1. The van der Waals surface area contributed by atoms with Gasteiger partial charge in [0.2, 0.25) is 0 Å². The van der Waals surface area contributed by atoms with Gasteiger partial charge >= 0.3 is 12.1 Å². The van der Waals surface area contributed by atoms with E-state index >= 15 is 4.39 Å². The summed E-state index contributed by atoms with van der Waals surface area (Å²) >= 11 is 0. The molecule has 0 bridgehead atoms. The highest BCUT2D eigenvalue weighted by Gasteiger charge is 2.27. The zero-order chi connectivity index (χ0) is 32.1. The van der Waals surface area contributed by atoms with Crippen molar-refractivity contribution in [2.75, 3.05) is 0 Å². The summed E-state index contributed by atoms with van der Waals surface area (Å²) in [4.78, 5) is 25.1. The summed E-state index contributed by atoms with van der Waals surface area (Å²) in [7, 11) is 0. The van der Waals surface area contributed by atoms with Crippen LogP contribution >= 0.6 is 0 Å². The number of esters is 1. The summed E-state index contributed by atoms with van der Waals surface area (Å²) in [6.45, 7) is 13.2. The van der Waals surface area contributed by atoms with E-state index in [1.165, 1.54) is 0 Å². The number of amides is 1. The van der Waals surface area contributed by atoms with Gasteiger partial charge in [0, 0.05) is 16.7 Å². The van der Waals surface area contributed by atoms with Gasteiger partial charge in [-0.05, 0) is 95.5 Å². The second-order valence-electron chi connectivity index (χ2n) is 13.6. The third kappa shape index (κ3) is 9.57. The van der Waals surface area contributed by atoms with Crippen molar-refractivity contribution in [1.82, 2.24) is 5.32 Å². The summed E-state index contributed by atoms with van der Waals surface area (Å²) in [5, 5.41) is 2.88. The molecule has 1 N–H and O–H groups in total. The smallest absolute Gasteiger partial charge is 0.408 e. The fourth-order valence-corrected chi connectivity index (χ4v) is 5.18. The van der Waals surface area contributed by atoms with Crippen molar-refractivity contribution in [1.29, 1.82) is 0 Å². The van der Waals surface area contributed by atoms with Gasteiger partial charge in [-0.25, -0.2) is 9.18 Å². The first kappa shape index (κ1) is 33.0. The van der Waals surface area contributed by atoms with E-state index in [1.54, 1.807) is 32.9 Å². The van der Waals surface area contributed by atoms with Crippen molar-refractivity contribution < 1.29 is 28.2 Å². The Morgan fingerprint density at radius 3 is 2.30 bits per heavy atom. The molecular formula is C37H46FNO5. The normalized spacial score (nSPS) is 14.1. The topological polar surface area (TPSA) is 73.9 Å². The Kier molecular flexibility index (Phi) is 10.4. The van der Waals surface area contributed by atoms with E-state index in [0.717, 1.165) is 41.5 Å². The van der Waals surface area contributed by atoms with Gasteiger partial charge in [-0.15, -0.1) is 0 Å². The molecule has 1 aliphatic rings. The second-order valence-corrected chi connectivity index (χ2v) is 13.6. The van der Waals surface area contributed by atoms with Crippen molar-refractivity contribution in [2.45, 2.75) is 110 Å². The van der Waals surface area contributed by atoms with Crippen LogP contribution in [-0.2, 0) is 27.3 Å². The maximum absolute atomic E-state index is 16.3. The molecule has 1 aliphatic carbocycles. The minimum Gasteiger partial charge on any atom is -0.489 e. The summed E-state index contributed by atoms with van der Waals surface area (Å²) in [6, 6.07) is 18.4. The van der Waals surface area contributed by atoms with E-state index in [9.17, 15) is 9.59 Å². The molecule has 1 amide bonds. The first-order chi connectivity index (χ1) is 20.7. The van der Waals surface area contributed by atoms with Crippen LogP contribution in [-0.4, -0.2) is 23.3 Å². The van der Waals surface area contributed by atoms with Gasteiger partial charge in [-0.1, -0.05) is 61.9 Å². The van der Waals surface area contributed by atoms with Crippen LogP contribution < -0.4 is 10.1 Å². The molecule has 1 atom stereocenters. The lowest BCUT2D eigenvalue weighted by Crippen LogP contribution is -2.35. The van der Waals surface area contributed by atoms with Gasteiger partial charge in [-0.3, -0.25) is 4.79 Å². The molecule has 1 unspecified atom stereocenters. The highest BCUT2D eigenvalue weighted by Crippen LogP contribution is 2.42. The Bertz CT molecular complexity index is 1470. The molecule has 44 heavy (non-hydrogen) atoms. The Morgan fingerprint density at radius 1 is 0.932 bits per heavy atom. The van der Waals surface area contributed by atoms with Crippen LogP contribution in [0.25, 0.3) is 11.1 Å². The minimum absolute atomic E-state index is 0.106. The van der Waals surface area contributed by atoms with Crippen LogP contribution in [0.2, 0.25) is 0 Å². The molecule has 3 aromatic rings. The summed E-state index contributed by atoms with van der Waals surface area (Å²) in [5.74, 6) is 0.385. The molecule has 236 valence electrons. The van der Waals surface area contributed by atoms with Gasteiger partial charge in [0.1, 0.15) is 29.4 Å². The number of rotatable bonds is 11. The van der Waals surface area contributed by atoms with E-state index < -0.39 is 23.3 Å². The summed E-state index contributed by atoms with van der Waals surface area (Å²) < 4.78 is 33.5. The monoisotopic (exact) mass is 603 g/mol. The van der Waals surface area contributed by atoms with Crippen LogP contribution in [0.4, 0.5) is 9.18 Å². The van der Waals surface area contributed by atoms with Crippen molar-refractivity contribution >= 4 is 12.1 Å². The van der Waals surface area contributed by atoms with Crippen LogP contribution in [0.3, 0.4) is 0 Å². The third-order valence-electron chi connectivity index (χ3n) is 7.17. The number of hydrogen-bond donors (Lipinski definition) is 1. The molecule has 0 aliphatic heterocycles. The van der Waals surface area contributed by atoms with E-state index in [1.807, 2.05) is 64.1 Å². The SMILES string of the molecule is CCCC(NC(=O)OC(C)(C)C)c1cccc(-c2cc(COc3ccccc3CC(=O)OC(C)(C)C)cc(C3CC3)c2)c1F. The Morgan fingerprint density at radius 2 is 1.64 bits per heavy atom. The number of para-hydroxylation sites is 1. The highest BCUT2D eigenvalue weighted by atomic mass is 19.1. The molecule has 7 heteroatoms. The molecule has 6 nitrogen and oxygen atoms in total. The molecule has 4 rings (SSSR count). The van der Waals surface area contributed by atoms with Crippen LogP contribution in [0.5, 0.6) is 5.75 Å². The van der Waals surface area contributed by atoms with Crippen LogP contribution in [0.1, 0.15) is 108 Å². The zero-order valence-corrected chi connectivity index (χ0v) is 27.1. The largest absolute Gasteiger partial charge is 0.489 e. The fourth-order valence-electron chi connectivity index (χ4n) is 5.18. The standard InChI is InChI=1S/C37H46FNO5/c1-8-12-31(39-35(41)44-37(5,6)7)30-15-11-14-29(34(30)38)28-20-24(19-27(21-28)25-17-18-25)23-42-32-16-10-9-13-26(32)22-33(40)43-36(2,3)4/h9-11,13-16,19-21,25,31H,8,12,17-18,22-23H2,1-7H3,(H,39,41). The molecule has 0 aromatic heterocycles. The first-order valence-electron chi connectivity index (χ1n) is 15.6. The Labute approximate surface area is 261 Å². The molecule has 1 fully saturated rings. The second kappa shape index (κ2) is 13.8. The minimum atomic E-state index is -0.654. The average Bonchev–Trinajstić information content (AvgIpc) is 3.76.